The lowest BCUT2D eigenvalue weighted by Crippen LogP contribution is -2.07. The minimum Gasteiger partial charge on any atom is -0.426 e. The van der Waals surface area contributed by atoms with Crippen LogP contribution in [0.1, 0.15) is 18.1 Å². The van der Waals surface area contributed by atoms with E-state index in [0.717, 1.165) is 11.6 Å². The first-order valence-electron chi connectivity index (χ1n) is 4.93. The summed E-state index contributed by atoms with van der Waals surface area (Å²) < 4.78 is 41.8. The van der Waals surface area contributed by atoms with E-state index in [1.165, 1.54) is 19.1 Å². The number of esters is 1. The fourth-order valence-corrected chi connectivity index (χ4v) is 1.36. The Bertz CT molecular complexity index is 493. The first kappa shape index (κ1) is 14.6. The quantitative estimate of drug-likeness (QED) is 0.602. The summed E-state index contributed by atoms with van der Waals surface area (Å²) in [4.78, 5) is 10.8. The highest BCUT2D eigenvalue weighted by Crippen LogP contribution is 2.32. The summed E-state index contributed by atoms with van der Waals surface area (Å²) in [6.45, 7) is 2.87. The molecule has 0 aromatic heterocycles. The number of ether oxygens (including phenoxy) is 1. The number of carbonyl (C=O) groups is 1. The van der Waals surface area contributed by atoms with Gasteiger partial charge in [0.05, 0.1) is 0 Å². The van der Waals surface area contributed by atoms with Gasteiger partial charge in [-0.25, -0.2) is 0 Å². The fourth-order valence-electron chi connectivity index (χ4n) is 1.25. The lowest BCUT2D eigenvalue weighted by atomic mass is 10.1. The van der Waals surface area contributed by atoms with Gasteiger partial charge in [-0.05, 0) is 25.1 Å². The van der Waals surface area contributed by atoms with Gasteiger partial charge in [-0.1, -0.05) is 23.2 Å². The van der Waals surface area contributed by atoms with E-state index in [-0.39, 0.29) is 11.3 Å². The molecule has 0 saturated heterocycles. The molecule has 0 heterocycles. The van der Waals surface area contributed by atoms with E-state index in [4.69, 9.17) is 16.3 Å². The fraction of sp³-hybridized carbons (Fsp3) is 0.250. The summed E-state index contributed by atoms with van der Waals surface area (Å²) in [5.74, 6) is -0.577. The number of allylic oxidation sites excluding steroid dienone is 1. The summed E-state index contributed by atoms with van der Waals surface area (Å²) in [7, 11) is 0. The molecule has 0 atom stereocenters. The van der Waals surface area contributed by atoms with Crippen LogP contribution in [0.25, 0.3) is 6.08 Å². The van der Waals surface area contributed by atoms with Crippen LogP contribution in [0.4, 0.5) is 13.2 Å². The van der Waals surface area contributed by atoms with Gasteiger partial charge in [0.1, 0.15) is 10.8 Å². The van der Waals surface area contributed by atoms with E-state index in [2.05, 4.69) is 0 Å². The van der Waals surface area contributed by atoms with Gasteiger partial charge < -0.3 is 4.74 Å². The summed E-state index contributed by atoms with van der Waals surface area (Å²) >= 11 is 5.15. The van der Waals surface area contributed by atoms with E-state index in [9.17, 15) is 18.0 Å². The van der Waals surface area contributed by atoms with E-state index >= 15 is 0 Å². The highest BCUT2D eigenvalue weighted by Gasteiger charge is 2.32. The molecule has 1 aromatic carbocycles. The van der Waals surface area contributed by atoms with Crippen molar-refractivity contribution in [2.45, 2.75) is 20.0 Å². The van der Waals surface area contributed by atoms with Crippen molar-refractivity contribution < 1.29 is 22.7 Å². The molecule has 98 valence electrons. The first-order chi connectivity index (χ1) is 8.20. The molecule has 0 unspecified atom stereocenters. The van der Waals surface area contributed by atoms with Crippen molar-refractivity contribution in [1.29, 1.82) is 0 Å². The monoisotopic (exact) mass is 278 g/mol. The van der Waals surface area contributed by atoms with Gasteiger partial charge in [-0.3, -0.25) is 4.79 Å². The number of hydrogen-bond donors (Lipinski definition) is 0. The first-order valence-corrected chi connectivity index (χ1v) is 5.31. The third-order valence-electron chi connectivity index (χ3n) is 1.97. The minimum atomic E-state index is -4.63. The molecule has 0 N–H and O–H groups in total. The minimum absolute atomic E-state index is 0.0375. The molecule has 0 spiro atoms. The zero-order valence-corrected chi connectivity index (χ0v) is 10.4. The predicted molar refractivity (Wildman–Crippen MR) is 62.4 cm³/mol. The largest absolute Gasteiger partial charge is 0.426 e. The van der Waals surface area contributed by atoms with Crippen molar-refractivity contribution in [3.05, 3.63) is 34.4 Å². The van der Waals surface area contributed by atoms with E-state index in [0.29, 0.717) is 0 Å². The molecule has 0 saturated carbocycles. The van der Waals surface area contributed by atoms with Gasteiger partial charge in [0.15, 0.2) is 0 Å². The normalized spacial score (nSPS) is 12.4. The Labute approximate surface area is 107 Å². The van der Waals surface area contributed by atoms with E-state index in [1.807, 2.05) is 0 Å². The summed E-state index contributed by atoms with van der Waals surface area (Å²) in [5, 5.41) is -1.28. The Morgan fingerprint density at radius 1 is 1.39 bits per heavy atom. The van der Waals surface area contributed by atoms with Crippen LogP contribution in [-0.2, 0) is 4.79 Å². The third kappa shape index (κ3) is 4.07. The standard InChI is InChI=1S/C12H10ClF3O2/c1-7-3-4-10(18-8(2)17)9(5-7)6-11(13)12(14,15)16/h3-6H,1-2H3/b11-6-. The molecule has 0 bridgehead atoms. The molecule has 0 fully saturated rings. The van der Waals surface area contributed by atoms with E-state index in [1.54, 1.807) is 13.0 Å². The van der Waals surface area contributed by atoms with Crippen LogP contribution in [0.2, 0.25) is 0 Å². The molecular weight excluding hydrogens is 269 g/mol. The second-order valence-corrected chi connectivity index (χ2v) is 4.03. The summed E-state index contributed by atoms with van der Waals surface area (Å²) in [5.41, 5.74) is 0.830. The molecule has 1 rings (SSSR count). The molecule has 1 aromatic rings. The maximum absolute atomic E-state index is 12.3. The lowest BCUT2D eigenvalue weighted by molar-refractivity contribution is -0.131. The number of halogens is 4. The van der Waals surface area contributed by atoms with Crippen molar-refractivity contribution in [2.75, 3.05) is 0 Å². The number of alkyl halides is 3. The second kappa shape index (κ2) is 5.44. The predicted octanol–water partition coefficient (Wildman–Crippen LogP) is 4.06. The Morgan fingerprint density at radius 2 is 2.00 bits per heavy atom. The van der Waals surface area contributed by atoms with Gasteiger partial charge >= 0.3 is 12.1 Å². The third-order valence-corrected chi connectivity index (χ3v) is 2.30. The van der Waals surface area contributed by atoms with Crippen molar-refractivity contribution >= 4 is 23.6 Å². The van der Waals surface area contributed by atoms with Crippen molar-refractivity contribution in [3.8, 4) is 5.75 Å². The molecule has 0 amide bonds. The van der Waals surface area contributed by atoms with Crippen molar-refractivity contribution in [2.24, 2.45) is 0 Å². The Hall–Kier alpha value is -1.49. The smallest absolute Gasteiger partial charge is 0.426 e. The van der Waals surface area contributed by atoms with Crippen LogP contribution >= 0.6 is 11.6 Å². The highest BCUT2D eigenvalue weighted by atomic mass is 35.5. The number of aryl methyl sites for hydroxylation is 1. The number of hydrogen-bond acceptors (Lipinski definition) is 2. The van der Waals surface area contributed by atoms with Crippen molar-refractivity contribution in [1.82, 2.24) is 0 Å². The highest BCUT2D eigenvalue weighted by molar-refractivity contribution is 6.32. The van der Waals surface area contributed by atoms with Crippen LogP contribution in [0.5, 0.6) is 5.75 Å². The van der Waals surface area contributed by atoms with Gasteiger partial charge in [0.25, 0.3) is 0 Å². The molecule has 0 aliphatic heterocycles. The molecule has 0 aliphatic carbocycles. The zero-order chi connectivity index (χ0) is 13.9. The van der Waals surface area contributed by atoms with E-state index < -0.39 is 17.2 Å². The Balaban J connectivity index is 3.21. The lowest BCUT2D eigenvalue weighted by Gasteiger charge is -2.09. The van der Waals surface area contributed by atoms with Crippen LogP contribution in [-0.4, -0.2) is 12.1 Å². The molecular formula is C12H10ClF3O2. The maximum Gasteiger partial charge on any atom is 0.426 e. The maximum atomic E-state index is 12.3. The summed E-state index contributed by atoms with van der Waals surface area (Å²) in [6, 6.07) is 4.49. The molecule has 0 radical (unpaired) electrons. The SMILES string of the molecule is CC(=O)Oc1ccc(C)cc1/C=C(\Cl)C(F)(F)F. The van der Waals surface area contributed by atoms with Crippen LogP contribution in [0.3, 0.4) is 0 Å². The Kier molecular flexibility index (Phi) is 4.40. The van der Waals surface area contributed by atoms with Gasteiger partial charge in [-0.2, -0.15) is 13.2 Å². The van der Waals surface area contributed by atoms with Gasteiger partial charge in [0, 0.05) is 12.5 Å². The topological polar surface area (TPSA) is 26.3 Å². The number of rotatable bonds is 2. The van der Waals surface area contributed by atoms with Crippen molar-refractivity contribution in [3.63, 3.8) is 0 Å². The average Bonchev–Trinajstić information content (AvgIpc) is 2.20. The second-order valence-electron chi connectivity index (χ2n) is 3.62. The Morgan fingerprint density at radius 3 is 2.50 bits per heavy atom. The molecule has 6 heteroatoms. The number of benzene rings is 1. The summed E-state index contributed by atoms with van der Waals surface area (Å²) in [6.07, 6.45) is -3.90. The molecule has 18 heavy (non-hydrogen) atoms. The van der Waals surface area contributed by atoms with Gasteiger partial charge in [-0.15, -0.1) is 0 Å². The molecule has 2 nitrogen and oxygen atoms in total. The van der Waals surface area contributed by atoms with Crippen LogP contribution in [0.15, 0.2) is 23.2 Å². The number of carbonyl (C=O) groups excluding carboxylic acids is 1. The van der Waals surface area contributed by atoms with Crippen LogP contribution in [0, 0.1) is 6.92 Å². The zero-order valence-electron chi connectivity index (χ0n) is 9.64. The average molecular weight is 279 g/mol. The molecule has 0 aliphatic rings. The van der Waals surface area contributed by atoms with Crippen LogP contribution < -0.4 is 4.74 Å². The van der Waals surface area contributed by atoms with Gasteiger partial charge in [0.2, 0.25) is 0 Å².